The van der Waals surface area contributed by atoms with E-state index < -0.39 is 5.91 Å². The predicted molar refractivity (Wildman–Crippen MR) is 96.2 cm³/mol. The van der Waals surface area contributed by atoms with Gasteiger partial charge in [-0.05, 0) is 49.8 Å². The summed E-state index contributed by atoms with van der Waals surface area (Å²) in [5.74, 6) is 0.0722. The van der Waals surface area contributed by atoms with E-state index in [4.69, 9.17) is 5.73 Å². The molecule has 0 aromatic heterocycles. The molecule has 130 valence electrons. The SMILES string of the molecule is NC(=O)c1ccc(N2CCCC2)c(NC(=O)CC2CCCCC2)c1. The van der Waals surface area contributed by atoms with Crippen molar-refractivity contribution in [2.24, 2.45) is 11.7 Å². The number of rotatable bonds is 5. The quantitative estimate of drug-likeness (QED) is 0.870. The first kappa shape index (κ1) is 16.8. The highest BCUT2D eigenvalue weighted by Crippen LogP contribution is 2.31. The predicted octanol–water partition coefficient (Wildman–Crippen LogP) is 3.29. The zero-order chi connectivity index (χ0) is 16.9. The summed E-state index contributed by atoms with van der Waals surface area (Å²) in [7, 11) is 0. The van der Waals surface area contributed by atoms with Crippen molar-refractivity contribution < 1.29 is 9.59 Å². The Morgan fingerprint density at radius 1 is 1.08 bits per heavy atom. The summed E-state index contributed by atoms with van der Waals surface area (Å²) < 4.78 is 0. The number of nitrogens with two attached hydrogens (primary N) is 1. The summed E-state index contributed by atoms with van der Waals surface area (Å²) in [6.45, 7) is 1.98. The highest BCUT2D eigenvalue weighted by molar-refractivity contribution is 5.99. The van der Waals surface area contributed by atoms with Crippen molar-refractivity contribution in [2.75, 3.05) is 23.3 Å². The van der Waals surface area contributed by atoms with Crippen molar-refractivity contribution in [1.82, 2.24) is 0 Å². The Hall–Kier alpha value is -2.04. The van der Waals surface area contributed by atoms with E-state index in [9.17, 15) is 9.59 Å². The number of carbonyl (C=O) groups excluding carboxylic acids is 2. The molecular weight excluding hydrogens is 302 g/mol. The maximum Gasteiger partial charge on any atom is 0.248 e. The van der Waals surface area contributed by atoms with Gasteiger partial charge in [-0.3, -0.25) is 9.59 Å². The fraction of sp³-hybridized carbons (Fsp3) is 0.579. The van der Waals surface area contributed by atoms with E-state index in [0.29, 0.717) is 23.6 Å². The van der Waals surface area contributed by atoms with Crippen molar-refractivity contribution in [3.8, 4) is 0 Å². The first-order valence-corrected chi connectivity index (χ1v) is 9.12. The monoisotopic (exact) mass is 329 g/mol. The Morgan fingerprint density at radius 3 is 2.46 bits per heavy atom. The zero-order valence-electron chi connectivity index (χ0n) is 14.2. The highest BCUT2D eigenvalue weighted by Gasteiger charge is 2.21. The Kier molecular flexibility index (Phi) is 5.38. The van der Waals surface area contributed by atoms with Crippen LogP contribution >= 0.6 is 0 Å². The Labute approximate surface area is 143 Å². The number of amides is 2. The molecule has 3 N–H and O–H groups in total. The number of nitrogens with one attached hydrogen (secondary N) is 1. The van der Waals surface area contributed by atoms with E-state index in [1.54, 1.807) is 12.1 Å². The summed E-state index contributed by atoms with van der Waals surface area (Å²) in [4.78, 5) is 26.2. The molecule has 1 aliphatic heterocycles. The van der Waals surface area contributed by atoms with Gasteiger partial charge in [0, 0.05) is 25.1 Å². The third-order valence-corrected chi connectivity index (χ3v) is 5.20. The molecular formula is C19H27N3O2. The standard InChI is InChI=1S/C19H27N3O2/c20-19(24)15-8-9-17(22-10-4-5-11-22)16(13-15)21-18(23)12-14-6-2-1-3-7-14/h8-9,13-14H,1-7,10-12H2,(H2,20,24)(H,21,23). The van der Waals surface area contributed by atoms with Gasteiger partial charge in [-0.25, -0.2) is 0 Å². The molecule has 2 aliphatic rings. The fourth-order valence-corrected chi connectivity index (χ4v) is 3.88. The molecule has 1 saturated heterocycles. The molecule has 0 radical (unpaired) electrons. The van der Waals surface area contributed by atoms with E-state index in [0.717, 1.165) is 44.5 Å². The molecule has 1 aromatic carbocycles. The van der Waals surface area contributed by atoms with Gasteiger partial charge in [0.1, 0.15) is 0 Å². The molecule has 2 fully saturated rings. The van der Waals surface area contributed by atoms with Gasteiger partial charge in [0.05, 0.1) is 11.4 Å². The molecule has 1 saturated carbocycles. The van der Waals surface area contributed by atoms with Crippen LogP contribution in [0.1, 0.15) is 61.7 Å². The van der Waals surface area contributed by atoms with Gasteiger partial charge in [0.25, 0.3) is 0 Å². The topological polar surface area (TPSA) is 75.4 Å². The molecule has 24 heavy (non-hydrogen) atoms. The van der Waals surface area contributed by atoms with Crippen LogP contribution in [0.25, 0.3) is 0 Å². The van der Waals surface area contributed by atoms with Crippen LogP contribution in [0, 0.1) is 5.92 Å². The summed E-state index contributed by atoms with van der Waals surface area (Å²) in [5, 5.41) is 3.04. The second kappa shape index (κ2) is 7.69. The average molecular weight is 329 g/mol. The summed E-state index contributed by atoms with van der Waals surface area (Å²) >= 11 is 0. The maximum absolute atomic E-state index is 12.5. The molecule has 1 heterocycles. The first-order valence-electron chi connectivity index (χ1n) is 9.12. The number of hydrogen-bond donors (Lipinski definition) is 2. The molecule has 1 aromatic rings. The molecule has 5 nitrogen and oxygen atoms in total. The molecule has 5 heteroatoms. The van der Waals surface area contributed by atoms with Crippen molar-refractivity contribution in [3.05, 3.63) is 23.8 Å². The molecule has 1 aliphatic carbocycles. The molecule has 0 atom stereocenters. The van der Waals surface area contributed by atoms with E-state index in [2.05, 4.69) is 10.2 Å². The normalized spacial score (nSPS) is 18.6. The summed E-state index contributed by atoms with van der Waals surface area (Å²) in [6, 6.07) is 5.36. The van der Waals surface area contributed by atoms with Crippen LogP contribution in [-0.4, -0.2) is 24.9 Å². The van der Waals surface area contributed by atoms with Gasteiger partial charge in [-0.15, -0.1) is 0 Å². The van der Waals surface area contributed by atoms with Crippen LogP contribution < -0.4 is 16.0 Å². The molecule has 3 rings (SSSR count). The van der Waals surface area contributed by atoms with E-state index in [1.807, 2.05) is 6.07 Å². The third-order valence-electron chi connectivity index (χ3n) is 5.20. The molecule has 0 bridgehead atoms. The van der Waals surface area contributed by atoms with E-state index >= 15 is 0 Å². The lowest BCUT2D eigenvalue weighted by atomic mass is 9.87. The lowest BCUT2D eigenvalue weighted by Crippen LogP contribution is -2.23. The Morgan fingerprint density at radius 2 is 1.79 bits per heavy atom. The van der Waals surface area contributed by atoms with Crippen molar-refractivity contribution in [2.45, 2.75) is 51.4 Å². The Bertz CT molecular complexity index is 603. The number of nitrogens with zero attached hydrogens (tertiary/aromatic N) is 1. The van der Waals surface area contributed by atoms with Gasteiger partial charge in [0.15, 0.2) is 0 Å². The third kappa shape index (κ3) is 4.08. The van der Waals surface area contributed by atoms with Gasteiger partial charge >= 0.3 is 0 Å². The van der Waals surface area contributed by atoms with Crippen molar-refractivity contribution >= 4 is 23.2 Å². The lowest BCUT2D eigenvalue weighted by molar-refractivity contribution is -0.117. The van der Waals surface area contributed by atoms with Crippen LogP contribution in [0.5, 0.6) is 0 Å². The number of primary amides is 1. The van der Waals surface area contributed by atoms with E-state index in [-0.39, 0.29) is 5.91 Å². The van der Waals surface area contributed by atoms with Gasteiger partial charge in [0.2, 0.25) is 11.8 Å². The largest absolute Gasteiger partial charge is 0.370 e. The van der Waals surface area contributed by atoms with Crippen LogP contribution in [0.15, 0.2) is 18.2 Å². The smallest absolute Gasteiger partial charge is 0.248 e. The van der Waals surface area contributed by atoms with Gasteiger partial charge < -0.3 is 16.0 Å². The second-order valence-corrected chi connectivity index (χ2v) is 7.05. The fourth-order valence-electron chi connectivity index (χ4n) is 3.88. The zero-order valence-corrected chi connectivity index (χ0v) is 14.2. The highest BCUT2D eigenvalue weighted by atomic mass is 16.2. The molecule has 0 spiro atoms. The minimum atomic E-state index is -0.467. The maximum atomic E-state index is 12.5. The Balaban J connectivity index is 1.74. The van der Waals surface area contributed by atoms with Crippen molar-refractivity contribution in [1.29, 1.82) is 0 Å². The van der Waals surface area contributed by atoms with Crippen LogP contribution in [0.4, 0.5) is 11.4 Å². The van der Waals surface area contributed by atoms with Gasteiger partial charge in [-0.2, -0.15) is 0 Å². The lowest BCUT2D eigenvalue weighted by Gasteiger charge is -2.24. The van der Waals surface area contributed by atoms with Crippen LogP contribution in [0.2, 0.25) is 0 Å². The number of hydrogen-bond acceptors (Lipinski definition) is 3. The van der Waals surface area contributed by atoms with Crippen LogP contribution in [-0.2, 0) is 4.79 Å². The summed E-state index contributed by atoms with van der Waals surface area (Å²) in [5.41, 5.74) is 7.55. The van der Waals surface area contributed by atoms with E-state index in [1.165, 1.54) is 19.3 Å². The van der Waals surface area contributed by atoms with Gasteiger partial charge in [-0.1, -0.05) is 19.3 Å². The molecule has 2 amide bonds. The van der Waals surface area contributed by atoms with Crippen LogP contribution in [0.3, 0.4) is 0 Å². The number of benzene rings is 1. The summed E-state index contributed by atoms with van der Waals surface area (Å²) in [6.07, 6.45) is 8.93. The number of carbonyl (C=O) groups is 2. The minimum Gasteiger partial charge on any atom is -0.370 e. The molecule has 0 unspecified atom stereocenters. The average Bonchev–Trinajstić information content (AvgIpc) is 3.09. The van der Waals surface area contributed by atoms with Crippen molar-refractivity contribution in [3.63, 3.8) is 0 Å². The first-order chi connectivity index (χ1) is 11.6. The number of anilines is 2. The second-order valence-electron chi connectivity index (χ2n) is 7.05. The minimum absolute atomic E-state index is 0.0453.